The Morgan fingerprint density at radius 2 is 0.952 bits per heavy atom. The van der Waals surface area contributed by atoms with Crippen molar-refractivity contribution in [3.8, 4) is 23.0 Å². The molecule has 118 valence electrons. The van der Waals surface area contributed by atoms with Crippen LogP contribution in [0.2, 0.25) is 0 Å². The van der Waals surface area contributed by atoms with E-state index in [0.717, 1.165) is 0 Å². The van der Waals surface area contributed by atoms with E-state index in [1.807, 2.05) is 0 Å². The average molecular weight is 342 g/mol. The molecule has 0 fully saturated rings. The summed E-state index contributed by atoms with van der Waals surface area (Å²) < 4.78 is 23.2. The summed E-state index contributed by atoms with van der Waals surface area (Å²) in [7, 11) is -10.7. The van der Waals surface area contributed by atoms with Crippen LogP contribution in [0.1, 0.15) is 11.1 Å². The molecule has 0 saturated heterocycles. The van der Waals surface area contributed by atoms with E-state index in [1.54, 1.807) is 0 Å². The van der Waals surface area contributed by atoms with Crippen molar-refractivity contribution in [2.75, 3.05) is 0 Å². The third kappa shape index (κ3) is 2.03. The Bertz CT molecular complexity index is 653. The molecule has 1 aliphatic rings. The van der Waals surface area contributed by atoms with Gasteiger partial charge in [0.05, 0.1) is 0 Å². The van der Waals surface area contributed by atoms with Gasteiger partial charge in [-0.1, -0.05) is 0 Å². The van der Waals surface area contributed by atoms with Crippen molar-refractivity contribution in [2.45, 2.75) is 17.7 Å². The van der Waals surface area contributed by atoms with Crippen LogP contribution in [-0.2, 0) is 22.0 Å². The zero-order chi connectivity index (χ0) is 16.4. The van der Waals surface area contributed by atoms with Gasteiger partial charge in [0, 0.05) is 24.0 Å². The molecule has 1 aliphatic carbocycles. The van der Waals surface area contributed by atoms with Crippen LogP contribution >= 0.6 is 15.2 Å². The van der Waals surface area contributed by atoms with Gasteiger partial charge < -0.3 is 40.0 Å². The van der Waals surface area contributed by atoms with Gasteiger partial charge in [-0.3, -0.25) is 9.13 Å². The van der Waals surface area contributed by atoms with Crippen molar-refractivity contribution >= 4 is 15.2 Å². The summed E-state index contributed by atoms with van der Waals surface area (Å²) in [5.41, 5.74) is -0.871. The predicted molar refractivity (Wildman–Crippen MR) is 67.3 cm³/mol. The maximum Gasteiger partial charge on any atom is 0.344 e. The highest BCUT2D eigenvalue weighted by molar-refractivity contribution is 7.72. The molecule has 8 N–H and O–H groups in total. The van der Waals surface area contributed by atoms with E-state index >= 15 is 0 Å². The molecule has 10 nitrogen and oxygen atoms in total. The summed E-state index contributed by atoms with van der Waals surface area (Å²) in [5, 5.41) is 38.1. The lowest BCUT2D eigenvalue weighted by Crippen LogP contribution is -2.29. The molecular weight excluding hydrogens is 330 g/mol. The van der Waals surface area contributed by atoms with E-state index in [9.17, 15) is 49.1 Å². The summed E-state index contributed by atoms with van der Waals surface area (Å²) in [4.78, 5) is 34.4. The zero-order valence-corrected chi connectivity index (χ0v) is 12.0. The first-order valence-electron chi connectivity index (χ1n) is 5.42. The van der Waals surface area contributed by atoms with Gasteiger partial charge in [0.1, 0.15) is 0 Å². The minimum absolute atomic E-state index is 0.436. The molecule has 0 saturated carbocycles. The van der Waals surface area contributed by atoms with E-state index in [2.05, 4.69) is 0 Å². The molecule has 0 amide bonds. The number of aromatic hydroxyl groups is 4. The Morgan fingerprint density at radius 3 is 1.19 bits per heavy atom. The lowest BCUT2D eigenvalue weighted by atomic mass is 10.1. The second kappa shape index (κ2) is 4.36. The minimum atomic E-state index is -5.37. The summed E-state index contributed by atoms with van der Waals surface area (Å²) in [6.45, 7) is 0. The highest BCUT2D eigenvalue weighted by Gasteiger charge is 2.64. The summed E-state index contributed by atoms with van der Waals surface area (Å²) >= 11 is 0. The molecular formula is C9H12O10P2. The van der Waals surface area contributed by atoms with Gasteiger partial charge in [-0.25, -0.2) is 0 Å². The van der Waals surface area contributed by atoms with Crippen molar-refractivity contribution in [3.05, 3.63) is 11.1 Å². The fraction of sp³-hybridized carbons (Fsp3) is 0.333. The predicted octanol–water partition coefficient (Wildman–Crippen LogP) is -0.341. The number of hydrogen-bond acceptors (Lipinski definition) is 6. The molecule has 12 heteroatoms. The smallest absolute Gasteiger partial charge is 0.344 e. The van der Waals surface area contributed by atoms with E-state index in [-0.39, 0.29) is 0 Å². The third-order valence-electron chi connectivity index (χ3n) is 3.61. The van der Waals surface area contributed by atoms with Gasteiger partial charge in [0.25, 0.3) is 0 Å². The number of phenols is 4. The maximum atomic E-state index is 11.6. The zero-order valence-electron chi connectivity index (χ0n) is 10.2. The first kappa shape index (κ1) is 16.1. The number of hydrogen-bond donors (Lipinski definition) is 8. The van der Waals surface area contributed by atoms with E-state index in [4.69, 9.17) is 0 Å². The van der Waals surface area contributed by atoms with Gasteiger partial charge in [-0.05, 0) is 0 Å². The van der Waals surface area contributed by atoms with Crippen LogP contribution in [0.4, 0.5) is 0 Å². The van der Waals surface area contributed by atoms with Crippen molar-refractivity contribution in [1.29, 1.82) is 0 Å². The van der Waals surface area contributed by atoms with Crippen molar-refractivity contribution in [3.63, 3.8) is 0 Å². The number of phenolic OH excluding ortho intramolecular Hbond substituents is 4. The molecule has 1 aromatic carbocycles. The van der Waals surface area contributed by atoms with Crippen LogP contribution in [0.25, 0.3) is 0 Å². The first-order chi connectivity index (χ1) is 9.33. The Balaban J connectivity index is 2.78. The molecule has 1 aromatic rings. The van der Waals surface area contributed by atoms with Gasteiger partial charge >= 0.3 is 15.2 Å². The molecule has 0 aromatic heterocycles. The summed E-state index contributed by atoms with van der Waals surface area (Å²) in [5.74, 6) is -4.27. The minimum Gasteiger partial charge on any atom is -0.504 e. The highest BCUT2D eigenvalue weighted by atomic mass is 31.2. The van der Waals surface area contributed by atoms with Crippen LogP contribution in [0.15, 0.2) is 0 Å². The fourth-order valence-corrected chi connectivity index (χ4v) is 5.20. The molecule has 21 heavy (non-hydrogen) atoms. The fourth-order valence-electron chi connectivity index (χ4n) is 2.39. The lowest BCUT2D eigenvalue weighted by molar-refractivity contribution is 0.308. The number of rotatable bonds is 2. The standard InChI is InChI=1S/C9H12O10P2/c10-5-3-1-9(20(14,15)16,21(17,18)19)2-4(3)6(11)8(13)7(5)12/h10-13H,1-2H2,(H2,14,15,16)(H2,17,18,19). The summed E-state index contributed by atoms with van der Waals surface area (Å²) in [6, 6.07) is 0. The van der Waals surface area contributed by atoms with Gasteiger partial charge in [0.15, 0.2) is 16.4 Å². The SMILES string of the molecule is O=P(O)(O)C1(P(=O)(O)O)Cc2c(O)c(O)c(O)c(O)c2C1. The van der Waals surface area contributed by atoms with Crippen LogP contribution in [0, 0.1) is 0 Å². The lowest BCUT2D eigenvalue weighted by Gasteiger charge is -2.30. The van der Waals surface area contributed by atoms with Crippen molar-refractivity contribution in [1.82, 2.24) is 0 Å². The average Bonchev–Trinajstić information content (AvgIpc) is 2.74. The van der Waals surface area contributed by atoms with E-state index in [0.29, 0.717) is 0 Å². The first-order valence-corrected chi connectivity index (χ1v) is 8.65. The molecule has 0 spiro atoms. The van der Waals surface area contributed by atoms with Crippen molar-refractivity contribution in [2.24, 2.45) is 0 Å². The highest BCUT2D eigenvalue weighted by Crippen LogP contribution is 2.74. The van der Waals surface area contributed by atoms with E-state index < -0.39 is 67.1 Å². The van der Waals surface area contributed by atoms with Gasteiger partial charge in [-0.2, -0.15) is 0 Å². The molecule has 0 atom stereocenters. The largest absolute Gasteiger partial charge is 0.504 e. The Labute approximate surface area is 117 Å². The van der Waals surface area contributed by atoms with E-state index in [1.165, 1.54) is 0 Å². The number of benzene rings is 1. The third-order valence-corrected chi connectivity index (χ3v) is 7.98. The Hall–Kier alpha value is -1.28. The maximum absolute atomic E-state index is 11.6. The van der Waals surface area contributed by atoms with Crippen LogP contribution < -0.4 is 0 Å². The number of fused-ring (bicyclic) bond motifs is 1. The van der Waals surface area contributed by atoms with Crippen molar-refractivity contribution < 1.29 is 49.1 Å². The van der Waals surface area contributed by atoms with Gasteiger partial charge in [0.2, 0.25) is 11.5 Å². The molecule has 0 heterocycles. The molecule has 0 unspecified atom stereocenters. The topological polar surface area (TPSA) is 196 Å². The molecule has 0 radical (unpaired) electrons. The second-order valence-electron chi connectivity index (χ2n) is 4.78. The molecule has 0 aliphatic heterocycles. The Kier molecular flexibility index (Phi) is 3.34. The van der Waals surface area contributed by atoms with Crippen LogP contribution in [-0.4, -0.2) is 44.9 Å². The second-order valence-corrected chi connectivity index (χ2v) is 9.02. The van der Waals surface area contributed by atoms with Gasteiger partial charge in [-0.15, -0.1) is 0 Å². The van der Waals surface area contributed by atoms with Crippen LogP contribution in [0.3, 0.4) is 0 Å². The quantitative estimate of drug-likeness (QED) is 0.200. The normalized spacial score (nSPS) is 17.7. The molecule has 2 rings (SSSR count). The molecule has 0 bridgehead atoms. The Morgan fingerprint density at radius 1 is 0.667 bits per heavy atom. The monoisotopic (exact) mass is 342 g/mol. The van der Waals surface area contributed by atoms with Crippen LogP contribution in [0.5, 0.6) is 23.0 Å². The summed E-state index contributed by atoms with van der Waals surface area (Å²) in [6.07, 6.45) is -1.94.